The fourth-order valence-corrected chi connectivity index (χ4v) is 4.14. The molecule has 1 fully saturated rings. The van der Waals surface area contributed by atoms with Gasteiger partial charge < -0.3 is 14.6 Å². The van der Waals surface area contributed by atoms with E-state index in [-0.39, 0.29) is 12.0 Å². The van der Waals surface area contributed by atoms with Crippen molar-refractivity contribution in [3.63, 3.8) is 0 Å². The molecule has 1 aromatic carbocycles. The molecule has 1 saturated heterocycles. The first-order chi connectivity index (χ1) is 10.1. The third kappa shape index (κ3) is 1.40. The summed E-state index contributed by atoms with van der Waals surface area (Å²) < 4.78 is 11.9. The van der Waals surface area contributed by atoms with Crippen LogP contribution in [0.15, 0.2) is 35.9 Å². The van der Waals surface area contributed by atoms with Crippen molar-refractivity contribution < 1.29 is 14.6 Å². The Hall–Kier alpha value is -1.83. The van der Waals surface area contributed by atoms with E-state index < -0.39 is 11.2 Å². The van der Waals surface area contributed by atoms with Crippen LogP contribution in [0.25, 0.3) is 0 Å². The van der Waals surface area contributed by atoms with Gasteiger partial charge in [0.1, 0.15) is 11.9 Å². The molecule has 4 rings (SSSR count). The lowest BCUT2D eigenvalue weighted by atomic mass is 9.57. The highest BCUT2D eigenvalue weighted by molar-refractivity contribution is 5.46. The SMILES string of the molecule is CC1=C[C@@H]2CCOC3(O)c4ccccc4O[C@@H](C1)[C@@]23C#N. The van der Waals surface area contributed by atoms with Crippen molar-refractivity contribution in [3.8, 4) is 11.8 Å². The normalized spacial score (nSPS) is 40.1. The summed E-state index contributed by atoms with van der Waals surface area (Å²) in [5.74, 6) is -1.03. The molecule has 1 aliphatic carbocycles. The van der Waals surface area contributed by atoms with Crippen molar-refractivity contribution in [1.29, 1.82) is 5.26 Å². The van der Waals surface area contributed by atoms with E-state index in [9.17, 15) is 10.4 Å². The monoisotopic (exact) mass is 283 g/mol. The van der Waals surface area contributed by atoms with Gasteiger partial charge >= 0.3 is 0 Å². The van der Waals surface area contributed by atoms with Gasteiger partial charge in [0.25, 0.3) is 0 Å². The van der Waals surface area contributed by atoms with Crippen LogP contribution in [-0.2, 0) is 10.5 Å². The highest BCUT2D eigenvalue weighted by atomic mass is 16.6. The fourth-order valence-electron chi connectivity index (χ4n) is 4.14. The number of hydrogen-bond donors (Lipinski definition) is 1. The van der Waals surface area contributed by atoms with Gasteiger partial charge in [-0.2, -0.15) is 5.26 Å². The maximum absolute atomic E-state index is 11.3. The summed E-state index contributed by atoms with van der Waals surface area (Å²) in [5.41, 5.74) is 0.707. The first kappa shape index (κ1) is 12.9. The molecule has 21 heavy (non-hydrogen) atoms. The third-order valence-corrected chi connectivity index (χ3v) is 5.09. The zero-order chi connectivity index (χ0) is 14.7. The molecule has 108 valence electrons. The van der Waals surface area contributed by atoms with Crippen LogP contribution in [0.1, 0.15) is 25.3 Å². The van der Waals surface area contributed by atoms with E-state index in [1.165, 1.54) is 5.57 Å². The van der Waals surface area contributed by atoms with Crippen molar-refractivity contribution in [1.82, 2.24) is 0 Å². The van der Waals surface area contributed by atoms with Gasteiger partial charge in [-0.25, -0.2) is 0 Å². The maximum Gasteiger partial charge on any atom is 0.219 e. The van der Waals surface area contributed by atoms with E-state index in [0.29, 0.717) is 24.3 Å². The molecule has 0 spiro atoms. The first-order valence-corrected chi connectivity index (χ1v) is 7.33. The zero-order valence-electron chi connectivity index (χ0n) is 11.9. The summed E-state index contributed by atoms with van der Waals surface area (Å²) in [4.78, 5) is 0. The molecule has 0 aromatic heterocycles. The van der Waals surface area contributed by atoms with Crippen LogP contribution in [0.5, 0.6) is 5.75 Å². The Kier molecular flexibility index (Phi) is 2.51. The fraction of sp³-hybridized carbons (Fsp3) is 0.471. The summed E-state index contributed by atoms with van der Waals surface area (Å²) in [7, 11) is 0. The van der Waals surface area contributed by atoms with Crippen LogP contribution in [-0.4, -0.2) is 17.8 Å². The minimum Gasteiger partial charge on any atom is -0.488 e. The summed E-state index contributed by atoms with van der Waals surface area (Å²) in [6.07, 6.45) is 3.11. The second-order valence-corrected chi connectivity index (χ2v) is 6.19. The molecule has 0 amide bonds. The van der Waals surface area contributed by atoms with Crippen LogP contribution in [0.3, 0.4) is 0 Å². The number of para-hydroxylation sites is 1. The van der Waals surface area contributed by atoms with Gasteiger partial charge in [0, 0.05) is 12.3 Å². The Morgan fingerprint density at radius 3 is 3.00 bits per heavy atom. The van der Waals surface area contributed by atoms with Gasteiger partial charge in [-0.15, -0.1) is 0 Å². The Balaban J connectivity index is 2.01. The molecule has 1 aromatic rings. The van der Waals surface area contributed by atoms with Crippen LogP contribution in [0.4, 0.5) is 0 Å². The third-order valence-electron chi connectivity index (χ3n) is 5.09. The summed E-state index contributed by atoms with van der Waals surface area (Å²) in [5, 5.41) is 21.3. The van der Waals surface area contributed by atoms with E-state index in [0.717, 1.165) is 6.42 Å². The molecular formula is C17H17NO3. The topological polar surface area (TPSA) is 62.5 Å². The highest BCUT2D eigenvalue weighted by Gasteiger charge is 2.68. The minimum atomic E-state index is -1.60. The molecule has 4 atom stereocenters. The van der Waals surface area contributed by atoms with Crippen molar-refractivity contribution in [2.24, 2.45) is 11.3 Å². The predicted octanol–water partition coefficient (Wildman–Crippen LogP) is 2.49. The number of benzene rings is 1. The lowest BCUT2D eigenvalue weighted by Crippen LogP contribution is -2.65. The molecule has 2 aliphatic heterocycles. The van der Waals surface area contributed by atoms with Crippen molar-refractivity contribution in [2.45, 2.75) is 31.7 Å². The van der Waals surface area contributed by atoms with Gasteiger partial charge in [0.2, 0.25) is 5.79 Å². The molecule has 4 heteroatoms. The second-order valence-electron chi connectivity index (χ2n) is 6.19. The van der Waals surface area contributed by atoms with Crippen molar-refractivity contribution in [2.75, 3.05) is 6.61 Å². The van der Waals surface area contributed by atoms with E-state index >= 15 is 0 Å². The number of rotatable bonds is 0. The van der Waals surface area contributed by atoms with Crippen LogP contribution in [0, 0.1) is 22.7 Å². The zero-order valence-corrected chi connectivity index (χ0v) is 11.9. The van der Waals surface area contributed by atoms with Crippen molar-refractivity contribution in [3.05, 3.63) is 41.5 Å². The average Bonchev–Trinajstić information content (AvgIpc) is 2.47. The maximum atomic E-state index is 11.3. The summed E-state index contributed by atoms with van der Waals surface area (Å²) in [6.45, 7) is 2.50. The number of ether oxygens (including phenoxy) is 2. The van der Waals surface area contributed by atoms with E-state index in [4.69, 9.17) is 9.47 Å². The van der Waals surface area contributed by atoms with Crippen LogP contribution in [0.2, 0.25) is 0 Å². The number of nitriles is 1. The molecule has 3 aliphatic rings. The second kappa shape index (κ2) is 4.09. The molecule has 2 heterocycles. The molecule has 0 radical (unpaired) electrons. The number of aliphatic hydroxyl groups is 1. The van der Waals surface area contributed by atoms with Crippen LogP contribution >= 0.6 is 0 Å². The standard InChI is InChI=1S/C17H17NO3/c1-11-8-12-6-7-20-17(19)13-4-2-3-5-14(13)21-15(9-11)16(12,17)10-18/h2-5,8,12,15,19H,6-7,9H2,1H3/t12-,15-,16+,17?/m0/s1. The predicted molar refractivity (Wildman–Crippen MR) is 75.2 cm³/mol. The van der Waals surface area contributed by atoms with Crippen molar-refractivity contribution >= 4 is 0 Å². The molecule has 1 unspecified atom stereocenters. The Bertz CT molecular complexity index is 677. The summed E-state index contributed by atoms with van der Waals surface area (Å²) >= 11 is 0. The molecule has 1 N–H and O–H groups in total. The summed E-state index contributed by atoms with van der Waals surface area (Å²) in [6, 6.07) is 9.70. The van der Waals surface area contributed by atoms with Crippen LogP contribution < -0.4 is 4.74 Å². The molecule has 4 nitrogen and oxygen atoms in total. The number of allylic oxidation sites excluding steroid dienone is 1. The van der Waals surface area contributed by atoms with Gasteiger partial charge in [-0.3, -0.25) is 0 Å². The van der Waals surface area contributed by atoms with E-state index in [2.05, 4.69) is 19.1 Å². The lowest BCUT2D eigenvalue weighted by molar-refractivity contribution is -0.330. The highest BCUT2D eigenvalue weighted by Crippen LogP contribution is 2.61. The number of fused-ring (bicyclic) bond motifs is 2. The Labute approximate surface area is 123 Å². The number of nitrogens with zero attached hydrogens (tertiary/aromatic N) is 1. The van der Waals surface area contributed by atoms with Gasteiger partial charge in [-0.05, 0) is 25.5 Å². The average molecular weight is 283 g/mol. The Morgan fingerprint density at radius 1 is 1.38 bits per heavy atom. The molecule has 0 bridgehead atoms. The lowest BCUT2D eigenvalue weighted by Gasteiger charge is -2.57. The largest absolute Gasteiger partial charge is 0.488 e. The first-order valence-electron chi connectivity index (χ1n) is 7.33. The smallest absolute Gasteiger partial charge is 0.219 e. The number of hydrogen-bond acceptors (Lipinski definition) is 4. The Morgan fingerprint density at radius 2 is 2.19 bits per heavy atom. The van der Waals surface area contributed by atoms with E-state index in [1.54, 1.807) is 6.07 Å². The quantitative estimate of drug-likeness (QED) is 0.743. The molecular weight excluding hydrogens is 266 g/mol. The van der Waals surface area contributed by atoms with Gasteiger partial charge in [0.05, 0.1) is 18.2 Å². The minimum absolute atomic E-state index is 0.0478. The van der Waals surface area contributed by atoms with E-state index in [1.807, 2.05) is 18.2 Å². The van der Waals surface area contributed by atoms with Gasteiger partial charge in [0.15, 0.2) is 5.41 Å². The van der Waals surface area contributed by atoms with Gasteiger partial charge in [-0.1, -0.05) is 23.8 Å². The molecule has 0 saturated carbocycles.